The van der Waals surface area contributed by atoms with Crippen LogP contribution in [0.2, 0.25) is 0 Å². The smallest absolute Gasteiger partial charge is 0.194 e. The van der Waals surface area contributed by atoms with Gasteiger partial charge in [0, 0.05) is 36.0 Å². The van der Waals surface area contributed by atoms with Gasteiger partial charge in [0.15, 0.2) is 5.78 Å². The Kier molecular flexibility index (Phi) is 5.17. The van der Waals surface area contributed by atoms with Gasteiger partial charge in [-0.2, -0.15) is 10.5 Å². The van der Waals surface area contributed by atoms with Crippen molar-refractivity contribution in [2.75, 3.05) is 25.1 Å². The molecule has 2 aromatic rings. The second-order valence-electron chi connectivity index (χ2n) is 6.14. The van der Waals surface area contributed by atoms with Crippen molar-refractivity contribution in [3.63, 3.8) is 0 Å². The Morgan fingerprint density at radius 2 is 1.70 bits per heavy atom. The van der Waals surface area contributed by atoms with Crippen LogP contribution in [0.1, 0.15) is 21.5 Å². The minimum Gasteiger partial charge on any atom is -0.395 e. The fraction of sp³-hybridized carbons (Fsp3) is 0.136. The molecule has 0 aromatic heterocycles. The molecule has 1 N–H and O–H groups in total. The second kappa shape index (κ2) is 7.70. The minimum atomic E-state index is -0.190. The summed E-state index contributed by atoms with van der Waals surface area (Å²) >= 11 is 0. The number of aliphatic hydroxyl groups is 1. The molecule has 0 saturated heterocycles. The summed E-state index contributed by atoms with van der Waals surface area (Å²) in [4.78, 5) is 14.8. The van der Waals surface area contributed by atoms with Crippen LogP contribution in [-0.2, 0) is 0 Å². The Hall–Kier alpha value is -3.67. The third kappa shape index (κ3) is 3.37. The topological polar surface area (TPSA) is 88.1 Å². The van der Waals surface area contributed by atoms with Gasteiger partial charge in [-0.25, -0.2) is 0 Å². The molecule has 2 aromatic carbocycles. The zero-order valence-corrected chi connectivity index (χ0v) is 14.8. The predicted octanol–water partition coefficient (Wildman–Crippen LogP) is 3.20. The molecule has 0 radical (unpaired) electrons. The van der Waals surface area contributed by atoms with E-state index in [9.17, 15) is 15.3 Å². The van der Waals surface area contributed by atoms with E-state index in [1.165, 1.54) is 0 Å². The van der Waals surface area contributed by atoms with Gasteiger partial charge in [0.1, 0.15) is 17.7 Å². The normalized spacial score (nSPS) is 13.9. The first-order chi connectivity index (χ1) is 13.1. The summed E-state index contributed by atoms with van der Waals surface area (Å²) in [7, 11) is 1.88. The van der Waals surface area contributed by atoms with Crippen molar-refractivity contribution in [2.24, 2.45) is 0 Å². The molecule has 5 heteroatoms. The highest BCUT2D eigenvalue weighted by Gasteiger charge is 2.32. The van der Waals surface area contributed by atoms with E-state index < -0.39 is 0 Å². The molecule has 1 aliphatic carbocycles. The summed E-state index contributed by atoms with van der Waals surface area (Å²) in [6.07, 6.45) is 1.71. The number of ketones is 1. The van der Waals surface area contributed by atoms with Crippen LogP contribution in [0.3, 0.4) is 0 Å². The summed E-state index contributed by atoms with van der Waals surface area (Å²) in [6, 6.07) is 18.3. The molecule has 0 aliphatic heterocycles. The number of nitrogens with zero attached hydrogens (tertiary/aromatic N) is 3. The highest BCUT2D eigenvalue weighted by molar-refractivity contribution is 6.29. The number of rotatable bonds is 4. The molecular weight excluding hydrogens is 338 g/mol. The molecule has 0 saturated carbocycles. The molecular formula is C22H17N3O2. The van der Waals surface area contributed by atoms with Crippen LogP contribution in [0.5, 0.6) is 0 Å². The molecule has 5 nitrogen and oxygen atoms in total. The lowest BCUT2D eigenvalue weighted by molar-refractivity contribution is 0.104. The number of Topliss-reactive ketones (excluding diaryl/α,β-unsaturated/α-hetero) is 1. The van der Waals surface area contributed by atoms with Crippen molar-refractivity contribution in [3.8, 4) is 12.1 Å². The molecule has 0 atom stereocenters. The quantitative estimate of drug-likeness (QED) is 0.672. The van der Waals surface area contributed by atoms with E-state index in [4.69, 9.17) is 5.11 Å². The van der Waals surface area contributed by atoms with Crippen LogP contribution >= 0.6 is 0 Å². The number of hydrogen-bond donors (Lipinski definition) is 1. The van der Waals surface area contributed by atoms with Crippen molar-refractivity contribution < 1.29 is 9.90 Å². The number of hydrogen-bond acceptors (Lipinski definition) is 5. The van der Waals surface area contributed by atoms with Crippen molar-refractivity contribution >= 4 is 23.1 Å². The fourth-order valence-electron chi connectivity index (χ4n) is 3.12. The number of fused-ring (bicyclic) bond motifs is 1. The monoisotopic (exact) mass is 355 g/mol. The van der Waals surface area contributed by atoms with Gasteiger partial charge in [-0.15, -0.1) is 0 Å². The van der Waals surface area contributed by atoms with Gasteiger partial charge in [0.2, 0.25) is 0 Å². The van der Waals surface area contributed by atoms with E-state index in [0.717, 1.165) is 11.3 Å². The van der Waals surface area contributed by atoms with Crippen LogP contribution in [0, 0.1) is 22.7 Å². The Morgan fingerprint density at radius 1 is 1.07 bits per heavy atom. The van der Waals surface area contributed by atoms with Gasteiger partial charge in [0.25, 0.3) is 0 Å². The van der Waals surface area contributed by atoms with Gasteiger partial charge in [-0.3, -0.25) is 4.79 Å². The minimum absolute atomic E-state index is 0.0638. The molecule has 0 amide bonds. The lowest BCUT2D eigenvalue weighted by Gasteiger charge is -2.17. The molecule has 132 valence electrons. The lowest BCUT2D eigenvalue weighted by atomic mass is 9.98. The van der Waals surface area contributed by atoms with Crippen LogP contribution < -0.4 is 4.90 Å². The van der Waals surface area contributed by atoms with Gasteiger partial charge in [-0.05, 0) is 29.3 Å². The van der Waals surface area contributed by atoms with Crippen LogP contribution in [0.15, 0.2) is 59.7 Å². The Balaban J connectivity index is 2.08. The number of aliphatic hydroxyl groups excluding tert-OH is 1. The Bertz CT molecular complexity index is 1020. The molecule has 3 rings (SSSR count). The number of likely N-dealkylation sites (N-methyl/N-ethyl adjacent to an activating group) is 1. The van der Waals surface area contributed by atoms with Gasteiger partial charge < -0.3 is 10.0 Å². The average Bonchev–Trinajstić information content (AvgIpc) is 2.96. The van der Waals surface area contributed by atoms with Crippen molar-refractivity contribution in [2.45, 2.75) is 0 Å². The number of nitriles is 2. The van der Waals surface area contributed by atoms with E-state index in [1.807, 2.05) is 48.4 Å². The number of carbonyl (C=O) groups is 1. The number of anilines is 1. The van der Waals surface area contributed by atoms with E-state index in [0.29, 0.717) is 28.8 Å². The first-order valence-corrected chi connectivity index (χ1v) is 8.43. The third-order valence-electron chi connectivity index (χ3n) is 4.51. The van der Waals surface area contributed by atoms with E-state index in [-0.39, 0.29) is 18.0 Å². The molecule has 0 heterocycles. The van der Waals surface area contributed by atoms with Gasteiger partial charge in [-0.1, -0.05) is 36.4 Å². The summed E-state index contributed by atoms with van der Waals surface area (Å²) < 4.78 is 0. The summed E-state index contributed by atoms with van der Waals surface area (Å²) in [5.41, 5.74) is 3.52. The maximum atomic E-state index is 12.9. The molecule has 0 fully saturated rings. The lowest BCUT2D eigenvalue weighted by Crippen LogP contribution is -2.20. The van der Waals surface area contributed by atoms with Gasteiger partial charge >= 0.3 is 0 Å². The van der Waals surface area contributed by atoms with Crippen molar-refractivity contribution in [1.82, 2.24) is 0 Å². The average molecular weight is 355 g/mol. The molecule has 0 unspecified atom stereocenters. The standard InChI is InChI=1S/C22H17N3O2/c1-25(10-11-26)17-8-6-15(7-9-17)12-20-21(16(13-23)14-24)18-4-2-3-5-19(18)22(20)27/h2-9,12,26H,10-11H2,1H3/b20-12-. The Labute approximate surface area is 157 Å². The maximum absolute atomic E-state index is 12.9. The number of benzene rings is 2. The van der Waals surface area contributed by atoms with E-state index in [1.54, 1.807) is 30.3 Å². The van der Waals surface area contributed by atoms with Crippen molar-refractivity contribution in [3.05, 3.63) is 76.4 Å². The fourth-order valence-corrected chi connectivity index (χ4v) is 3.12. The molecule has 0 spiro atoms. The van der Waals surface area contributed by atoms with Crippen molar-refractivity contribution in [1.29, 1.82) is 10.5 Å². The first kappa shape index (κ1) is 18.1. The summed E-state index contributed by atoms with van der Waals surface area (Å²) in [5.74, 6) is -0.190. The van der Waals surface area contributed by atoms with Crippen LogP contribution in [-0.4, -0.2) is 31.1 Å². The van der Waals surface area contributed by atoms with Crippen LogP contribution in [0.4, 0.5) is 5.69 Å². The molecule has 1 aliphatic rings. The van der Waals surface area contributed by atoms with Crippen LogP contribution in [0.25, 0.3) is 11.6 Å². The molecule has 0 bridgehead atoms. The predicted molar refractivity (Wildman–Crippen MR) is 104 cm³/mol. The summed E-state index contributed by atoms with van der Waals surface area (Å²) in [6.45, 7) is 0.586. The Morgan fingerprint density at radius 3 is 2.30 bits per heavy atom. The highest BCUT2D eigenvalue weighted by Crippen LogP contribution is 2.39. The largest absolute Gasteiger partial charge is 0.395 e. The zero-order valence-electron chi connectivity index (χ0n) is 14.8. The molecule has 27 heavy (non-hydrogen) atoms. The number of allylic oxidation sites excluding steroid dienone is 3. The van der Waals surface area contributed by atoms with Gasteiger partial charge in [0.05, 0.1) is 6.61 Å². The number of carbonyl (C=O) groups excluding carboxylic acids is 1. The SMILES string of the molecule is CN(CCO)c1ccc(/C=C2\C(=O)c3ccccc3C2=C(C#N)C#N)cc1. The van der Waals surface area contributed by atoms with E-state index in [2.05, 4.69) is 0 Å². The maximum Gasteiger partial charge on any atom is 0.194 e. The highest BCUT2D eigenvalue weighted by atomic mass is 16.3. The van der Waals surface area contributed by atoms with E-state index >= 15 is 0 Å². The first-order valence-electron chi connectivity index (χ1n) is 8.43. The summed E-state index contributed by atoms with van der Waals surface area (Å²) in [5, 5.41) is 27.7. The zero-order chi connectivity index (χ0) is 19.4. The third-order valence-corrected chi connectivity index (χ3v) is 4.51. The second-order valence-corrected chi connectivity index (χ2v) is 6.14.